The van der Waals surface area contributed by atoms with Crippen molar-refractivity contribution in [2.45, 2.75) is 64.8 Å². The summed E-state index contributed by atoms with van der Waals surface area (Å²) in [6.07, 6.45) is 11.3. The number of rotatable bonds is 10. The maximum absolute atomic E-state index is 3.74. The Bertz CT molecular complexity index is 120. The van der Waals surface area contributed by atoms with Crippen molar-refractivity contribution in [3.8, 4) is 0 Å². The largest absolute Gasteiger partial charge is 0.314 e. The predicted molar refractivity (Wildman–Crippen MR) is 65.7 cm³/mol. The van der Waals surface area contributed by atoms with E-state index in [1.165, 1.54) is 45.1 Å². The third kappa shape index (κ3) is 9.79. The molecule has 1 unspecified atom stereocenters. The molecule has 0 bridgehead atoms. The number of nitrogens with one attached hydrogen (secondary N) is 1. The fraction of sp³-hybridized carbons (Fsp3) is 0.846. The van der Waals surface area contributed by atoms with Crippen LogP contribution < -0.4 is 5.32 Å². The minimum Gasteiger partial charge on any atom is -0.314 e. The lowest BCUT2D eigenvalue weighted by Crippen LogP contribution is -2.26. The average Bonchev–Trinajstić information content (AvgIpc) is 2.17. The predicted octanol–water partition coefficient (Wildman–Crippen LogP) is 3.90. The second kappa shape index (κ2) is 10.8. The van der Waals surface area contributed by atoms with Crippen LogP contribution in [-0.4, -0.2) is 12.6 Å². The molecular formula is C13H27N. The fourth-order valence-electron chi connectivity index (χ4n) is 1.59. The van der Waals surface area contributed by atoms with E-state index in [0.29, 0.717) is 6.04 Å². The Morgan fingerprint density at radius 3 is 2.43 bits per heavy atom. The second-order valence-electron chi connectivity index (χ2n) is 4.15. The third-order valence-electron chi connectivity index (χ3n) is 2.54. The van der Waals surface area contributed by atoms with Crippen LogP contribution in [0, 0.1) is 0 Å². The molecule has 0 rings (SSSR count). The maximum Gasteiger partial charge on any atom is 0.00731 e. The Labute approximate surface area is 90.0 Å². The van der Waals surface area contributed by atoms with Gasteiger partial charge in [0, 0.05) is 6.04 Å². The average molecular weight is 197 g/mol. The van der Waals surface area contributed by atoms with Crippen molar-refractivity contribution in [3.05, 3.63) is 12.7 Å². The molecule has 1 nitrogen and oxygen atoms in total. The van der Waals surface area contributed by atoms with Crippen LogP contribution >= 0.6 is 0 Å². The molecule has 0 fully saturated rings. The molecule has 0 amide bonds. The van der Waals surface area contributed by atoms with Crippen LogP contribution in [0.3, 0.4) is 0 Å². The van der Waals surface area contributed by atoms with E-state index in [0.717, 1.165) is 6.42 Å². The van der Waals surface area contributed by atoms with Gasteiger partial charge >= 0.3 is 0 Å². The Balaban J connectivity index is 3.01. The molecule has 0 aromatic rings. The highest BCUT2D eigenvalue weighted by atomic mass is 14.9. The minimum atomic E-state index is 0.600. The number of hydrogen-bond donors (Lipinski definition) is 1. The van der Waals surface area contributed by atoms with Gasteiger partial charge in [-0.05, 0) is 26.3 Å². The first kappa shape index (κ1) is 13.7. The zero-order valence-corrected chi connectivity index (χ0v) is 10.0. The van der Waals surface area contributed by atoms with Crippen molar-refractivity contribution in [3.63, 3.8) is 0 Å². The quantitative estimate of drug-likeness (QED) is 0.414. The smallest absolute Gasteiger partial charge is 0.00731 e. The monoisotopic (exact) mass is 197 g/mol. The van der Waals surface area contributed by atoms with Gasteiger partial charge in [-0.15, -0.1) is 6.58 Å². The number of hydrogen-bond acceptors (Lipinski definition) is 1. The van der Waals surface area contributed by atoms with Gasteiger partial charge in [-0.25, -0.2) is 0 Å². The highest BCUT2D eigenvalue weighted by Gasteiger charge is 1.96. The van der Waals surface area contributed by atoms with E-state index in [4.69, 9.17) is 0 Å². The molecule has 14 heavy (non-hydrogen) atoms. The lowest BCUT2D eigenvalue weighted by molar-refractivity contribution is 0.516. The van der Waals surface area contributed by atoms with Gasteiger partial charge in [0.05, 0.1) is 0 Å². The van der Waals surface area contributed by atoms with E-state index in [-0.39, 0.29) is 0 Å². The summed E-state index contributed by atoms with van der Waals surface area (Å²) in [6, 6.07) is 0.600. The van der Waals surface area contributed by atoms with Gasteiger partial charge in [-0.1, -0.05) is 45.1 Å². The second-order valence-corrected chi connectivity index (χ2v) is 4.15. The zero-order chi connectivity index (χ0) is 10.6. The summed E-state index contributed by atoms with van der Waals surface area (Å²) < 4.78 is 0. The first-order valence-corrected chi connectivity index (χ1v) is 6.15. The van der Waals surface area contributed by atoms with E-state index < -0.39 is 0 Å². The van der Waals surface area contributed by atoms with Crippen LogP contribution in [0.2, 0.25) is 0 Å². The van der Waals surface area contributed by atoms with E-state index in [9.17, 15) is 0 Å². The Hall–Kier alpha value is -0.300. The van der Waals surface area contributed by atoms with Crippen LogP contribution in [0.5, 0.6) is 0 Å². The first-order valence-electron chi connectivity index (χ1n) is 6.15. The molecule has 0 saturated carbocycles. The summed E-state index contributed by atoms with van der Waals surface area (Å²) in [5.74, 6) is 0. The van der Waals surface area contributed by atoms with Crippen molar-refractivity contribution in [1.29, 1.82) is 0 Å². The van der Waals surface area contributed by atoms with Gasteiger partial charge in [0.2, 0.25) is 0 Å². The zero-order valence-electron chi connectivity index (χ0n) is 10.0. The Kier molecular flexibility index (Phi) is 10.5. The number of unbranched alkanes of at least 4 members (excludes halogenated alkanes) is 5. The van der Waals surface area contributed by atoms with E-state index >= 15 is 0 Å². The minimum absolute atomic E-state index is 0.600. The van der Waals surface area contributed by atoms with Crippen LogP contribution in [0.4, 0.5) is 0 Å². The third-order valence-corrected chi connectivity index (χ3v) is 2.54. The van der Waals surface area contributed by atoms with Gasteiger partial charge < -0.3 is 5.32 Å². The van der Waals surface area contributed by atoms with Crippen LogP contribution in [0.1, 0.15) is 58.8 Å². The maximum atomic E-state index is 3.74. The van der Waals surface area contributed by atoms with Gasteiger partial charge in [0.15, 0.2) is 0 Å². The summed E-state index contributed by atoms with van der Waals surface area (Å²) in [5, 5.41) is 3.50. The Morgan fingerprint density at radius 1 is 1.14 bits per heavy atom. The fourth-order valence-corrected chi connectivity index (χ4v) is 1.59. The topological polar surface area (TPSA) is 12.0 Å². The first-order chi connectivity index (χ1) is 6.81. The van der Waals surface area contributed by atoms with Crippen molar-refractivity contribution in [2.75, 3.05) is 6.54 Å². The van der Waals surface area contributed by atoms with Gasteiger partial charge in [-0.3, -0.25) is 0 Å². The highest BCUT2D eigenvalue weighted by Crippen LogP contribution is 2.04. The summed E-state index contributed by atoms with van der Waals surface area (Å²) in [7, 11) is 0. The van der Waals surface area contributed by atoms with Gasteiger partial charge in [0.25, 0.3) is 0 Å². The van der Waals surface area contributed by atoms with Crippen molar-refractivity contribution in [2.24, 2.45) is 0 Å². The van der Waals surface area contributed by atoms with Gasteiger partial charge in [-0.2, -0.15) is 0 Å². The van der Waals surface area contributed by atoms with Crippen LogP contribution in [0.15, 0.2) is 12.7 Å². The molecule has 1 N–H and O–H groups in total. The summed E-state index contributed by atoms with van der Waals surface area (Å²) >= 11 is 0. The van der Waals surface area contributed by atoms with E-state index in [1.807, 2.05) is 6.08 Å². The molecule has 0 spiro atoms. The van der Waals surface area contributed by atoms with Crippen molar-refractivity contribution >= 4 is 0 Å². The van der Waals surface area contributed by atoms with E-state index in [2.05, 4.69) is 25.7 Å². The molecule has 0 aliphatic heterocycles. The SMILES string of the molecule is C=CCC(C)NCCCCCCCC. The molecule has 0 aliphatic carbocycles. The Morgan fingerprint density at radius 2 is 1.79 bits per heavy atom. The lowest BCUT2D eigenvalue weighted by Gasteiger charge is -2.10. The lowest BCUT2D eigenvalue weighted by atomic mass is 10.1. The molecule has 1 heteroatoms. The molecular weight excluding hydrogens is 170 g/mol. The summed E-state index contributed by atoms with van der Waals surface area (Å²) in [4.78, 5) is 0. The normalized spacial score (nSPS) is 12.7. The molecule has 0 radical (unpaired) electrons. The molecule has 0 heterocycles. The molecule has 0 aliphatic rings. The summed E-state index contributed by atoms with van der Waals surface area (Å²) in [5.41, 5.74) is 0. The molecule has 0 aromatic heterocycles. The van der Waals surface area contributed by atoms with Crippen LogP contribution in [-0.2, 0) is 0 Å². The molecule has 0 saturated heterocycles. The molecule has 1 atom stereocenters. The van der Waals surface area contributed by atoms with Crippen molar-refractivity contribution < 1.29 is 0 Å². The van der Waals surface area contributed by atoms with Crippen molar-refractivity contribution in [1.82, 2.24) is 5.32 Å². The molecule has 84 valence electrons. The van der Waals surface area contributed by atoms with Gasteiger partial charge in [0.1, 0.15) is 0 Å². The molecule has 0 aromatic carbocycles. The van der Waals surface area contributed by atoms with Crippen LogP contribution in [0.25, 0.3) is 0 Å². The standard InChI is InChI=1S/C13H27N/c1-4-6-7-8-9-10-12-14-13(3)11-5-2/h5,13-14H,2,4,6-12H2,1,3H3. The van der Waals surface area contributed by atoms with E-state index in [1.54, 1.807) is 0 Å². The highest BCUT2D eigenvalue weighted by molar-refractivity contribution is 4.74. The summed E-state index contributed by atoms with van der Waals surface area (Å²) in [6.45, 7) is 9.39.